The molecule has 0 aromatic heterocycles. The molecule has 0 aliphatic rings. The van der Waals surface area contributed by atoms with Crippen LogP contribution in [-0.2, 0) is 6.18 Å². The summed E-state index contributed by atoms with van der Waals surface area (Å²) < 4.78 is 65.1. The van der Waals surface area contributed by atoms with E-state index in [0.717, 1.165) is 0 Å². The Morgan fingerprint density at radius 2 is 1.50 bits per heavy atom. The lowest BCUT2D eigenvalue weighted by molar-refractivity contribution is -0.137. The third kappa shape index (κ3) is 3.02. The average molecular weight is 268 g/mol. The largest absolute Gasteiger partial charge is 0.433 e. The van der Waals surface area contributed by atoms with Crippen LogP contribution in [0.3, 0.4) is 0 Å². The molecule has 0 aliphatic carbocycles. The highest BCUT2D eigenvalue weighted by atomic mass is 19.4. The van der Waals surface area contributed by atoms with Gasteiger partial charge in [0.2, 0.25) is 0 Å². The molecule has 0 atom stereocenters. The van der Waals surface area contributed by atoms with Crippen LogP contribution in [0.15, 0.2) is 12.1 Å². The Bertz CT molecular complexity index is 438. The van der Waals surface area contributed by atoms with Gasteiger partial charge in [-0.15, -0.1) is 0 Å². The van der Waals surface area contributed by atoms with Gasteiger partial charge in [0.1, 0.15) is 5.75 Å². The van der Waals surface area contributed by atoms with E-state index < -0.39 is 35.2 Å². The molecule has 98 valence electrons. The normalized spacial score (nSPS) is 11.4. The number of aldehydes is 2. The third-order valence-electron chi connectivity index (χ3n) is 1.93. The fraction of sp³-hybridized carbons (Fsp3) is 0.200. The van der Waals surface area contributed by atoms with E-state index in [1.54, 1.807) is 0 Å². The van der Waals surface area contributed by atoms with Gasteiger partial charge in [0.25, 0.3) is 0 Å². The van der Waals surface area contributed by atoms with Gasteiger partial charge < -0.3 is 4.74 Å². The van der Waals surface area contributed by atoms with Crippen LogP contribution in [0.25, 0.3) is 0 Å². The highest BCUT2D eigenvalue weighted by Crippen LogP contribution is 2.34. The Morgan fingerprint density at radius 1 is 1.06 bits per heavy atom. The van der Waals surface area contributed by atoms with Crippen molar-refractivity contribution in [3.8, 4) is 5.75 Å². The second-order valence-electron chi connectivity index (χ2n) is 3.10. The first-order valence-electron chi connectivity index (χ1n) is 4.40. The van der Waals surface area contributed by atoms with Crippen molar-refractivity contribution in [3.63, 3.8) is 0 Å². The van der Waals surface area contributed by atoms with Crippen LogP contribution in [0, 0.1) is 0 Å². The van der Waals surface area contributed by atoms with Crippen LogP contribution in [0.1, 0.15) is 26.3 Å². The molecule has 0 aliphatic heterocycles. The van der Waals surface area contributed by atoms with Gasteiger partial charge in [-0.25, -0.2) is 0 Å². The van der Waals surface area contributed by atoms with Gasteiger partial charge in [0.05, 0.1) is 16.7 Å². The first kappa shape index (κ1) is 14.1. The molecule has 0 radical (unpaired) electrons. The lowest BCUT2D eigenvalue weighted by Crippen LogP contribution is -2.11. The molecule has 0 fully saturated rings. The fourth-order valence-corrected chi connectivity index (χ4v) is 1.24. The van der Waals surface area contributed by atoms with Crippen molar-refractivity contribution in [3.05, 3.63) is 28.8 Å². The summed E-state index contributed by atoms with van der Waals surface area (Å²) in [6, 6.07) is 0.662. The number of benzene rings is 1. The Labute approximate surface area is 97.2 Å². The topological polar surface area (TPSA) is 43.4 Å². The summed E-state index contributed by atoms with van der Waals surface area (Å²) in [5, 5.41) is 0. The van der Waals surface area contributed by atoms with Gasteiger partial charge in [-0.1, -0.05) is 0 Å². The molecule has 0 saturated carbocycles. The van der Waals surface area contributed by atoms with Crippen LogP contribution in [0.4, 0.5) is 22.0 Å². The molecular formula is C10H5F5O3. The maximum Gasteiger partial charge on any atom is 0.416 e. The average Bonchev–Trinajstić information content (AvgIpc) is 2.26. The molecule has 3 nitrogen and oxygen atoms in total. The van der Waals surface area contributed by atoms with Crippen molar-refractivity contribution >= 4 is 12.6 Å². The maximum atomic E-state index is 12.4. The lowest BCUT2D eigenvalue weighted by atomic mass is 10.0. The molecule has 0 spiro atoms. The molecule has 1 rings (SSSR count). The second-order valence-corrected chi connectivity index (χ2v) is 3.10. The predicted molar refractivity (Wildman–Crippen MR) is 48.9 cm³/mol. The van der Waals surface area contributed by atoms with Crippen molar-refractivity contribution in [2.45, 2.75) is 12.8 Å². The van der Waals surface area contributed by atoms with Crippen molar-refractivity contribution < 1.29 is 36.3 Å². The molecule has 0 N–H and O–H groups in total. The van der Waals surface area contributed by atoms with Gasteiger partial charge in [0.15, 0.2) is 12.6 Å². The molecular weight excluding hydrogens is 263 g/mol. The highest BCUT2D eigenvalue weighted by Gasteiger charge is 2.32. The summed E-state index contributed by atoms with van der Waals surface area (Å²) in [6.45, 7) is -3.36. The number of hydrogen-bond donors (Lipinski definition) is 0. The van der Waals surface area contributed by atoms with Crippen LogP contribution in [0.2, 0.25) is 0 Å². The fourth-order valence-electron chi connectivity index (χ4n) is 1.24. The van der Waals surface area contributed by atoms with E-state index in [9.17, 15) is 31.5 Å². The summed E-state index contributed by atoms with van der Waals surface area (Å²) in [6.07, 6.45) is -5.00. The van der Waals surface area contributed by atoms with Crippen LogP contribution < -0.4 is 4.74 Å². The Kier molecular flexibility index (Phi) is 4.00. The molecule has 0 bridgehead atoms. The van der Waals surface area contributed by atoms with E-state index in [1.165, 1.54) is 0 Å². The molecule has 0 heterocycles. The van der Waals surface area contributed by atoms with Crippen molar-refractivity contribution in [1.82, 2.24) is 0 Å². The SMILES string of the molecule is O=Cc1cc(C(F)(F)F)cc(C=O)c1OC(F)F. The molecule has 0 saturated heterocycles. The highest BCUT2D eigenvalue weighted by molar-refractivity contribution is 5.89. The maximum absolute atomic E-state index is 12.4. The van der Waals surface area contributed by atoms with Gasteiger partial charge in [-0.05, 0) is 12.1 Å². The lowest BCUT2D eigenvalue weighted by Gasteiger charge is -2.13. The zero-order valence-corrected chi connectivity index (χ0v) is 8.50. The summed E-state index contributed by atoms with van der Waals surface area (Å²) in [4.78, 5) is 21.1. The van der Waals surface area contributed by atoms with E-state index >= 15 is 0 Å². The number of carbonyl (C=O) groups excluding carboxylic acids is 2. The van der Waals surface area contributed by atoms with Gasteiger partial charge in [0, 0.05) is 0 Å². The minimum atomic E-state index is -4.81. The Morgan fingerprint density at radius 3 is 1.78 bits per heavy atom. The molecule has 8 heteroatoms. The summed E-state index contributed by atoms with van der Waals surface area (Å²) >= 11 is 0. The van der Waals surface area contributed by atoms with Crippen molar-refractivity contribution in [2.24, 2.45) is 0 Å². The van der Waals surface area contributed by atoms with E-state index in [1.807, 2.05) is 0 Å². The minimum Gasteiger partial charge on any atom is -0.433 e. The number of alkyl halides is 5. The smallest absolute Gasteiger partial charge is 0.416 e. The monoisotopic (exact) mass is 268 g/mol. The van der Waals surface area contributed by atoms with Crippen molar-refractivity contribution in [2.75, 3.05) is 0 Å². The van der Waals surface area contributed by atoms with E-state index in [0.29, 0.717) is 12.1 Å². The summed E-state index contributed by atoms with van der Waals surface area (Å²) in [7, 11) is 0. The quantitative estimate of drug-likeness (QED) is 0.623. The van der Waals surface area contributed by atoms with Gasteiger partial charge in [-0.2, -0.15) is 22.0 Å². The van der Waals surface area contributed by atoms with Gasteiger partial charge in [-0.3, -0.25) is 9.59 Å². The van der Waals surface area contributed by atoms with Crippen LogP contribution in [0.5, 0.6) is 5.75 Å². The molecule has 18 heavy (non-hydrogen) atoms. The zero-order chi connectivity index (χ0) is 13.9. The molecule has 0 unspecified atom stereocenters. The molecule has 1 aromatic rings. The standard InChI is InChI=1S/C10H5F5O3/c11-9(12)18-8-5(3-16)1-7(10(13,14)15)2-6(8)4-17/h1-4,9H. The Hall–Kier alpha value is -1.99. The van der Waals surface area contributed by atoms with Crippen LogP contribution >= 0.6 is 0 Å². The predicted octanol–water partition coefficient (Wildman–Crippen LogP) is 2.93. The third-order valence-corrected chi connectivity index (χ3v) is 1.93. The second kappa shape index (κ2) is 5.11. The van der Waals surface area contributed by atoms with E-state index in [2.05, 4.69) is 4.74 Å². The summed E-state index contributed by atoms with van der Waals surface area (Å²) in [5.41, 5.74) is -2.84. The number of ether oxygens (including phenoxy) is 1. The number of hydrogen-bond acceptors (Lipinski definition) is 3. The first-order valence-corrected chi connectivity index (χ1v) is 4.40. The molecule has 1 aromatic carbocycles. The number of halogens is 5. The van der Waals surface area contributed by atoms with Crippen molar-refractivity contribution in [1.29, 1.82) is 0 Å². The molecule has 0 amide bonds. The summed E-state index contributed by atoms with van der Waals surface area (Å²) in [5.74, 6) is -0.872. The first-order chi connectivity index (χ1) is 8.29. The Balaban J connectivity index is 3.43. The van der Waals surface area contributed by atoms with E-state index in [4.69, 9.17) is 0 Å². The minimum absolute atomic E-state index is 0.0973. The number of carbonyl (C=O) groups is 2. The zero-order valence-electron chi connectivity index (χ0n) is 8.50. The van der Waals surface area contributed by atoms with Gasteiger partial charge >= 0.3 is 12.8 Å². The van der Waals surface area contributed by atoms with Crippen LogP contribution in [-0.4, -0.2) is 19.2 Å². The van der Waals surface area contributed by atoms with E-state index in [-0.39, 0.29) is 12.6 Å². The number of rotatable bonds is 4.